The molecule has 1 aliphatic rings. The first-order chi connectivity index (χ1) is 19.3. The maximum Gasteiger partial charge on any atom is 0.254 e. The third-order valence-corrected chi connectivity index (χ3v) is 7.29. The Balaban J connectivity index is 1.27. The van der Waals surface area contributed by atoms with E-state index in [0.717, 1.165) is 48.0 Å². The smallest absolute Gasteiger partial charge is 0.254 e. The molecule has 0 radical (unpaired) electrons. The molecule has 2 heterocycles. The summed E-state index contributed by atoms with van der Waals surface area (Å²) in [5.41, 5.74) is 5.46. The van der Waals surface area contributed by atoms with Gasteiger partial charge in [0, 0.05) is 56.4 Å². The fourth-order valence-electron chi connectivity index (χ4n) is 5.33. The lowest BCUT2D eigenvalue weighted by molar-refractivity contribution is 0.0753. The highest BCUT2D eigenvalue weighted by molar-refractivity contribution is 6.07. The molecule has 6 nitrogen and oxygen atoms in total. The second kappa shape index (κ2) is 11.4. The van der Waals surface area contributed by atoms with Crippen molar-refractivity contribution in [2.24, 2.45) is 0 Å². The van der Waals surface area contributed by atoms with Gasteiger partial charge in [0.2, 0.25) is 5.95 Å². The molecule has 1 amide bonds. The SMILES string of the molecule is O=C(c1cccc2ccccc12)N1CCN(CCCNc2ncccn2)c2ccc(-c3ccccc3)cc2C1. The predicted molar refractivity (Wildman–Crippen MR) is 158 cm³/mol. The van der Waals surface area contributed by atoms with Crippen LogP contribution in [0.15, 0.2) is 109 Å². The predicted octanol–water partition coefficient (Wildman–Crippen LogP) is 6.26. The minimum atomic E-state index is 0.0765. The zero-order valence-electron chi connectivity index (χ0n) is 21.8. The molecular weight excluding hydrogens is 482 g/mol. The Bertz CT molecular complexity index is 1570. The summed E-state index contributed by atoms with van der Waals surface area (Å²) in [7, 11) is 0. The maximum atomic E-state index is 13.9. The van der Waals surface area contributed by atoms with Crippen LogP contribution in [0.1, 0.15) is 22.3 Å². The number of nitrogens with one attached hydrogen (secondary N) is 1. The van der Waals surface area contributed by atoms with Crippen LogP contribution in [0.5, 0.6) is 0 Å². The Hall–Kier alpha value is -4.71. The summed E-state index contributed by atoms with van der Waals surface area (Å²) >= 11 is 0. The van der Waals surface area contributed by atoms with Gasteiger partial charge in [-0.2, -0.15) is 0 Å². The number of carbonyl (C=O) groups excluding carboxylic acids is 1. The summed E-state index contributed by atoms with van der Waals surface area (Å²) < 4.78 is 0. The van der Waals surface area contributed by atoms with Crippen molar-refractivity contribution in [3.8, 4) is 11.1 Å². The number of hydrogen-bond donors (Lipinski definition) is 1. The van der Waals surface area contributed by atoms with Crippen LogP contribution >= 0.6 is 0 Å². The van der Waals surface area contributed by atoms with E-state index in [1.165, 1.54) is 16.8 Å². The lowest BCUT2D eigenvalue weighted by Crippen LogP contribution is -2.36. The minimum absolute atomic E-state index is 0.0765. The Morgan fingerprint density at radius 3 is 2.46 bits per heavy atom. The third kappa shape index (κ3) is 5.46. The Morgan fingerprint density at radius 2 is 1.59 bits per heavy atom. The summed E-state index contributed by atoms with van der Waals surface area (Å²) in [6.07, 6.45) is 4.41. The van der Waals surface area contributed by atoms with Crippen LogP contribution in [-0.4, -0.2) is 47.0 Å². The molecular formula is C33H31N5O. The van der Waals surface area contributed by atoms with Gasteiger partial charge in [0.15, 0.2) is 0 Å². The molecule has 4 aromatic carbocycles. The molecule has 0 bridgehead atoms. The van der Waals surface area contributed by atoms with Crippen LogP contribution in [-0.2, 0) is 6.54 Å². The minimum Gasteiger partial charge on any atom is -0.369 e. The summed E-state index contributed by atoms with van der Waals surface area (Å²) in [5.74, 6) is 0.723. The highest BCUT2D eigenvalue weighted by Crippen LogP contribution is 2.32. The lowest BCUT2D eigenvalue weighted by Gasteiger charge is -2.25. The number of nitrogens with zero attached hydrogens (tertiary/aromatic N) is 4. The fraction of sp³-hybridized carbons (Fsp3) is 0.182. The van der Waals surface area contributed by atoms with E-state index in [2.05, 4.69) is 74.8 Å². The third-order valence-electron chi connectivity index (χ3n) is 7.29. The Kier molecular flexibility index (Phi) is 7.17. The molecule has 0 aliphatic carbocycles. The molecule has 1 N–H and O–H groups in total. The van der Waals surface area contributed by atoms with Crippen LogP contribution in [0.25, 0.3) is 21.9 Å². The number of benzene rings is 4. The highest BCUT2D eigenvalue weighted by Gasteiger charge is 2.25. The zero-order chi connectivity index (χ0) is 26.4. The van der Waals surface area contributed by atoms with Gasteiger partial charge in [0.25, 0.3) is 5.91 Å². The molecule has 6 rings (SSSR count). The van der Waals surface area contributed by atoms with Crippen LogP contribution in [0.4, 0.5) is 11.6 Å². The molecule has 194 valence electrons. The second-order valence-corrected chi connectivity index (χ2v) is 9.80. The quantitative estimate of drug-likeness (QED) is 0.260. The largest absolute Gasteiger partial charge is 0.369 e. The normalized spacial score (nSPS) is 13.1. The van der Waals surface area contributed by atoms with E-state index in [9.17, 15) is 4.79 Å². The highest BCUT2D eigenvalue weighted by atomic mass is 16.2. The van der Waals surface area contributed by atoms with E-state index in [1.54, 1.807) is 12.4 Å². The first-order valence-corrected chi connectivity index (χ1v) is 13.5. The van der Waals surface area contributed by atoms with Gasteiger partial charge in [-0.3, -0.25) is 4.79 Å². The van der Waals surface area contributed by atoms with Gasteiger partial charge in [-0.05, 0) is 58.1 Å². The summed E-state index contributed by atoms with van der Waals surface area (Å²) in [6.45, 7) is 3.65. The standard InChI is InChI=1S/C33H31N5O/c39-32(30-14-6-12-26-11-4-5-13-29(26)30)38-22-21-37(20-8-19-36-33-34-17-7-18-35-33)31-16-15-27(23-28(31)24-38)25-9-2-1-3-10-25/h1-7,9-18,23H,8,19-22,24H2,(H,34,35,36). The number of hydrogen-bond acceptors (Lipinski definition) is 5. The van der Waals surface area contributed by atoms with Crippen molar-refractivity contribution < 1.29 is 4.79 Å². The number of fused-ring (bicyclic) bond motifs is 2. The average Bonchev–Trinajstić information content (AvgIpc) is 3.18. The lowest BCUT2D eigenvalue weighted by atomic mass is 10.0. The maximum absolute atomic E-state index is 13.9. The van der Waals surface area contributed by atoms with Crippen molar-refractivity contribution in [1.29, 1.82) is 0 Å². The van der Waals surface area contributed by atoms with Gasteiger partial charge in [0.05, 0.1) is 0 Å². The first kappa shape index (κ1) is 24.6. The van der Waals surface area contributed by atoms with E-state index < -0.39 is 0 Å². The summed E-state index contributed by atoms with van der Waals surface area (Å²) in [5, 5.41) is 5.39. The van der Waals surface area contributed by atoms with Crippen LogP contribution in [0.2, 0.25) is 0 Å². The monoisotopic (exact) mass is 513 g/mol. The van der Waals surface area contributed by atoms with Crippen molar-refractivity contribution in [2.45, 2.75) is 13.0 Å². The van der Waals surface area contributed by atoms with Crippen LogP contribution in [0.3, 0.4) is 0 Å². The van der Waals surface area contributed by atoms with E-state index in [1.807, 2.05) is 47.4 Å². The zero-order valence-corrected chi connectivity index (χ0v) is 21.8. The van der Waals surface area contributed by atoms with Crippen LogP contribution in [0, 0.1) is 0 Å². The van der Waals surface area contributed by atoms with Crippen molar-refractivity contribution >= 4 is 28.3 Å². The molecule has 0 spiro atoms. The van der Waals surface area contributed by atoms with Crippen molar-refractivity contribution in [2.75, 3.05) is 36.4 Å². The van der Waals surface area contributed by atoms with Gasteiger partial charge in [-0.25, -0.2) is 9.97 Å². The Labute approximate surface area is 229 Å². The molecule has 5 aromatic rings. The van der Waals surface area contributed by atoms with E-state index in [4.69, 9.17) is 0 Å². The van der Waals surface area contributed by atoms with E-state index in [-0.39, 0.29) is 5.91 Å². The number of aromatic nitrogens is 2. The van der Waals surface area contributed by atoms with E-state index in [0.29, 0.717) is 19.0 Å². The number of rotatable bonds is 7. The number of amides is 1. The molecule has 0 unspecified atom stereocenters. The second-order valence-electron chi connectivity index (χ2n) is 9.80. The summed E-state index contributed by atoms with van der Waals surface area (Å²) in [6, 6.07) is 33.0. The van der Waals surface area contributed by atoms with E-state index >= 15 is 0 Å². The van der Waals surface area contributed by atoms with Crippen molar-refractivity contribution in [1.82, 2.24) is 14.9 Å². The van der Waals surface area contributed by atoms with Crippen LogP contribution < -0.4 is 10.2 Å². The Morgan fingerprint density at radius 1 is 0.795 bits per heavy atom. The van der Waals surface area contributed by atoms with Gasteiger partial charge in [-0.15, -0.1) is 0 Å². The molecule has 0 saturated carbocycles. The molecule has 1 aromatic heterocycles. The molecule has 6 heteroatoms. The average molecular weight is 514 g/mol. The van der Waals surface area contributed by atoms with Gasteiger partial charge < -0.3 is 15.1 Å². The molecule has 0 saturated heterocycles. The van der Waals surface area contributed by atoms with Crippen molar-refractivity contribution in [3.05, 3.63) is 121 Å². The van der Waals surface area contributed by atoms with Gasteiger partial charge >= 0.3 is 0 Å². The number of carbonyl (C=O) groups is 1. The molecule has 0 fully saturated rings. The van der Waals surface area contributed by atoms with Gasteiger partial charge in [-0.1, -0.05) is 72.8 Å². The first-order valence-electron chi connectivity index (χ1n) is 13.5. The fourth-order valence-corrected chi connectivity index (χ4v) is 5.33. The number of anilines is 2. The van der Waals surface area contributed by atoms with Gasteiger partial charge in [0.1, 0.15) is 0 Å². The molecule has 1 aliphatic heterocycles. The molecule has 39 heavy (non-hydrogen) atoms. The topological polar surface area (TPSA) is 61.4 Å². The van der Waals surface area contributed by atoms with Crippen molar-refractivity contribution in [3.63, 3.8) is 0 Å². The summed E-state index contributed by atoms with van der Waals surface area (Å²) in [4.78, 5) is 26.9. The molecule has 0 atom stereocenters.